The van der Waals surface area contributed by atoms with Crippen LogP contribution in [0.4, 0.5) is 0 Å². The zero-order valence-electron chi connectivity index (χ0n) is 16.3. The molecule has 0 unspecified atom stereocenters. The molecule has 0 atom stereocenters. The van der Waals surface area contributed by atoms with Gasteiger partial charge in [-0.3, -0.25) is 14.7 Å². The molecule has 0 saturated carbocycles. The van der Waals surface area contributed by atoms with Crippen molar-refractivity contribution in [3.05, 3.63) is 66.6 Å². The Hall–Kier alpha value is -2.99. The number of amides is 1. The van der Waals surface area contributed by atoms with E-state index in [9.17, 15) is 4.79 Å². The molecule has 28 heavy (non-hydrogen) atoms. The predicted octanol–water partition coefficient (Wildman–Crippen LogP) is 3.10. The molecule has 1 amide bonds. The van der Waals surface area contributed by atoms with Gasteiger partial charge < -0.3 is 4.90 Å². The van der Waals surface area contributed by atoms with Gasteiger partial charge in [0.05, 0.1) is 11.3 Å². The normalized spacial score (nSPS) is 15.2. The minimum absolute atomic E-state index is 0.0319. The van der Waals surface area contributed by atoms with E-state index in [1.54, 1.807) is 17.1 Å². The van der Waals surface area contributed by atoms with Crippen molar-refractivity contribution in [1.29, 1.82) is 0 Å². The van der Waals surface area contributed by atoms with Crippen molar-refractivity contribution >= 4 is 5.91 Å². The van der Waals surface area contributed by atoms with Gasteiger partial charge in [0.15, 0.2) is 0 Å². The molecule has 0 bridgehead atoms. The van der Waals surface area contributed by atoms with Crippen LogP contribution in [0.3, 0.4) is 0 Å². The number of carbonyl (C=O) groups is 1. The van der Waals surface area contributed by atoms with Gasteiger partial charge in [-0.05, 0) is 38.1 Å². The van der Waals surface area contributed by atoms with Crippen LogP contribution in [-0.4, -0.2) is 62.7 Å². The molecule has 3 heterocycles. The number of hydrogen-bond acceptors (Lipinski definition) is 4. The maximum atomic E-state index is 13.3. The smallest absolute Gasteiger partial charge is 0.257 e. The van der Waals surface area contributed by atoms with Crippen LogP contribution >= 0.6 is 0 Å². The lowest BCUT2D eigenvalue weighted by Gasteiger charge is -2.36. The highest BCUT2D eigenvalue weighted by Crippen LogP contribution is 2.25. The second-order valence-corrected chi connectivity index (χ2v) is 7.34. The number of piperazine rings is 1. The van der Waals surface area contributed by atoms with E-state index in [1.807, 2.05) is 53.6 Å². The summed E-state index contributed by atoms with van der Waals surface area (Å²) in [6, 6.07) is 14.2. The largest absolute Gasteiger partial charge is 0.336 e. The number of hydrogen-bond donors (Lipinski definition) is 0. The average Bonchev–Trinajstić information content (AvgIpc) is 3.20. The Kier molecular flexibility index (Phi) is 5.21. The Bertz CT molecular complexity index is 928. The molecule has 6 heteroatoms. The third kappa shape index (κ3) is 3.68. The van der Waals surface area contributed by atoms with Crippen LogP contribution in [0.15, 0.2) is 61.1 Å². The zero-order chi connectivity index (χ0) is 19.5. The topological polar surface area (TPSA) is 54.3 Å². The second kappa shape index (κ2) is 7.94. The van der Waals surface area contributed by atoms with Gasteiger partial charge >= 0.3 is 0 Å². The van der Waals surface area contributed by atoms with Crippen molar-refractivity contribution in [3.8, 4) is 16.9 Å². The molecule has 1 aliphatic rings. The van der Waals surface area contributed by atoms with Crippen LogP contribution < -0.4 is 0 Å². The first-order chi connectivity index (χ1) is 13.6. The molecule has 6 nitrogen and oxygen atoms in total. The molecule has 0 aliphatic carbocycles. The maximum Gasteiger partial charge on any atom is 0.257 e. The van der Waals surface area contributed by atoms with Crippen LogP contribution in [-0.2, 0) is 0 Å². The van der Waals surface area contributed by atoms with E-state index in [0.717, 1.165) is 37.4 Å². The summed E-state index contributed by atoms with van der Waals surface area (Å²) in [7, 11) is 0. The van der Waals surface area contributed by atoms with Gasteiger partial charge in [-0.25, -0.2) is 4.68 Å². The van der Waals surface area contributed by atoms with Gasteiger partial charge in [-0.15, -0.1) is 0 Å². The van der Waals surface area contributed by atoms with Gasteiger partial charge in [-0.1, -0.05) is 18.2 Å². The number of aromatic nitrogens is 3. The lowest BCUT2D eigenvalue weighted by Crippen LogP contribution is -2.50. The molecule has 2 aromatic heterocycles. The van der Waals surface area contributed by atoms with Crippen LogP contribution in [0.1, 0.15) is 24.2 Å². The van der Waals surface area contributed by atoms with E-state index in [-0.39, 0.29) is 5.91 Å². The number of pyridine rings is 1. The van der Waals surface area contributed by atoms with Crippen molar-refractivity contribution in [2.45, 2.75) is 19.9 Å². The Morgan fingerprint density at radius 2 is 1.75 bits per heavy atom. The van der Waals surface area contributed by atoms with Gasteiger partial charge in [0.25, 0.3) is 5.91 Å². The van der Waals surface area contributed by atoms with E-state index in [4.69, 9.17) is 5.10 Å². The zero-order valence-corrected chi connectivity index (χ0v) is 16.3. The fourth-order valence-electron chi connectivity index (χ4n) is 3.57. The van der Waals surface area contributed by atoms with E-state index in [0.29, 0.717) is 17.3 Å². The third-order valence-corrected chi connectivity index (χ3v) is 5.23. The minimum atomic E-state index is 0.0319. The third-order valence-electron chi connectivity index (χ3n) is 5.23. The fourth-order valence-corrected chi connectivity index (χ4v) is 3.57. The fraction of sp³-hybridized carbons (Fsp3) is 0.318. The van der Waals surface area contributed by atoms with Crippen molar-refractivity contribution < 1.29 is 4.79 Å². The monoisotopic (exact) mass is 375 g/mol. The SMILES string of the molecule is CC(C)N1CCN(C(=O)c2cn(-c3ccccc3)nc2-c2cccnc2)CC1. The molecule has 1 fully saturated rings. The predicted molar refractivity (Wildman–Crippen MR) is 109 cm³/mol. The molecule has 1 aliphatic heterocycles. The standard InChI is InChI=1S/C22H25N5O/c1-17(2)25-11-13-26(14-12-25)22(28)20-16-27(19-8-4-3-5-9-19)24-21(20)18-7-6-10-23-15-18/h3-10,15-17H,11-14H2,1-2H3. The van der Waals surface area contributed by atoms with Gasteiger partial charge in [0, 0.05) is 56.4 Å². The van der Waals surface area contributed by atoms with Gasteiger partial charge in [0.2, 0.25) is 0 Å². The van der Waals surface area contributed by atoms with Gasteiger partial charge in [-0.2, -0.15) is 5.10 Å². The first-order valence-electron chi connectivity index (χ1n) is 9.72. The number of carbonyl (C=O) groups excluding carboxylic acids is 1. The molecule has 4 rings (SSSR count). The summed E-state index contributed by atoms with van der Waals surface area (Å²) in [5, 5.41) is 4.73. The highest BCUT2D eigenvalue weighted by Gasteiger charge is 2.27. The van der Waals surface area contributed by atoms with Gasteiger partial charge in [0.1, 0.15) is 5.69 Å². The molecule has 0 radical (unpaired) electrons. The summed E-state index contributed by atoms with van der Waals surface area (Å²) in [4.78, 5) is 21.9. The van der Waals surface area contributed by atoms with E-state index in [1.165, 1.54) is 0 Å². The number of nitrogens with zero attached hydrogens (tertiary/aromatic N) is 5. The van der Waals surface area contributed by atoms with Crippen molar-refractivity contribution in [2.24, 2.45) is 0 Å². The average molecular weight is 375 g/mol. The molecule has 0 N–H and O–H groups in total. The summed E-state index contributed by atoms with van der Waals surface area (Å²) in [5.41, 5.74) is 3.07. The molecule has 1 aromatic carbocycles. The van der Waals surface area contributed by atoms with E-state index in [2.05, 4.69) is 23.7 Å². The number of para-hydroxylation sites is 1. The first-order valence-corrected chi connectivity index (χ1v) is 9.72. The van der Waals surface area contributed by atoms with Crippen LogP contribution in [0, 0.1) is 0 Å². The summed E-state index contributed by atoms with van der Waals surface area (Å²) >= 11 is 0. The van der Waals surface area contributed by atoms with Crippen molar-refractivity contribution in [2.75, 3.05) is 26.2 Å². The van der Waals surface area contributed by atoms with Crippen molar-refractivity contribution in [1.82, 2.24) is 24.6 Å². The maximum absolute atomic E-state index is 13.3. The quantitative estimate of drug-likeness (QED) is 0.703. The second-order valence-electron chi connectivity index (χ2n) is 7.34. The highest BCUT2D eigenvalue weighted by molar-refractivity contribution is 6.00. The Morgan fingerprint density at radius 1 is 1.00 bits per heavy atom. The number of rotatable bonds is 4. The molecule has 144 valence electrons. The lowest BCUT2D eigenvalue weighted by molar-refractivity contribution is 0.0596. The van der Waals surface area contributed by atoms with Crippen LogP contribution in [0.25, 0.3) is 16.9 Å². The molecule has 1 saturated heterocycles. The van der Waals surface area contributed by atoms with E-state index < -0.39 is 0 Å². The van der Waals surface area contributed by atoms with Crippen molar-refractivity contribution in [3.63, 3.8) is 0 Å². The summed E-state index contributed by atoms with van der Waals surface area (Å²) in [6.45, 7) is 7.67. The Balaban J connectivity index is 1.67. The summed E-state index contributed by atoms with van der Waals surface area (Å²) < 4.78 is 1.78. The molecular formula is C22H25N5O. The van der Waals surface area contributed by atoms with Crippen LogP contribution in [0.2, 0.25) is 0 Å². The van der Waals surface area contributed by atoms with Crippen LogP contribution in [0.5, 0.6) is 0 Å². The number of benzene rings is 1. The van der Waals surface area contributed by atoms with E-state index >= 15 is 0 Å². The minimum Gasteiger partial charge on any atom is -0.336 e. The molecular weight excluding hydrogens is 350 g/mol. The lowest BCUT2D eigenvalue weighted by atomic mass is 10.1. The summed E-state index contributed by atoms with van der Waals surface area (Å²) in [5.74, 6) is 0.0319. The molecule has 3 aromatic rings. The highest BCUT2D eigenvalue weighted by atomic mass is 16.2. The molecule has 0 spiro atoms. The Labute approximate surface area is 165 Å². The first kappa shape index (κ1) is 18.4. The summed E-state index contributed by atoms with van der Waals surface area (Å²) in [6.07, 6.45) is 5.32. The Morgan fingerprint density at radius 3 is 2.39 bits per heavy atom.